The standard InChI is InChI=1S/C12H16N4OS2/c1-8(17)14-11-15-16-12(19-11)18-10(7-13)9-5-3-2-4-6-9/h9-10H,2-6H2,1H3,(H,14,15,17)/t10-/m0/s1. The molecule has 0 spiro atoms. The van der Waals surface area contributed by atoms with E-state index in [1.165, 1.54) is 49.3 Å². The van der Waals surface area contributed by atoms with E-state index in [1.807, 2.05) is 0 Å². The lowest BCUT2D eigenvalue weighted by molar-refractivity contribution is -0.114. The molecule has 2 rings (SSSR count). The number of hydrogen-bond donors (Lipinski definition) is 1. The number of thioether (sulfide) groups is 1. The lowest BCUT2D eigenvalue weighted by atomic mass is 9.87. The van der Waals surface area contributed by atoms with Gasteiger partial charge in [0, 0.05) is 6.92 Å². The third kappa shape index (κ3) is 4.18. The van der Waals surface area contributed by atoms with E-state index in [2.05, 4.69) is 21.6 Å². The fourth-order valence-electron chi connectivity index (χ4n) is 2.23. The Balaban J connectivity index is 1.96. The van der Waals surface area contributed by atoms with Gasteiger partial charge in [-0.1, -0.05) is 42.4 Å². The molecule has 0 aromatic carbocycles. The van der Waals surface area contributed by atoms with Crippen molar-refractivity contribution in [1.29, 1.82) is 5.26 Å². The van der Waals surface area contributed by atoms with E-state index in [0.29, 0.717) is 11.0 Å². The molecule has 1 fully saturated rings. The van der Waals surface area contributed by atoms with Gasteiger partial charge >= 0.3 is 0 Å². The molecule has 1 aliphatic rings. The van der Waals surface area contributed by atoms with Crippen LogP contribution < -0.4 is 5.32 Å². The Bertz CT molecular complexity index is 476. The van der Waals surface area contributed by atoms with Crippen LogP contribution in [0.15, 0.2) is 4.34 Å². The van der Waals surface area contributed by atoms with Gasteiger partial charge in [-0.05, 0) is 18.8 Å². The van der Waals surface area contributed by atoms with Gasteiger partial charge in [-0.3, -0.25) is 4.79 Å². The average molecular weight is 296 g/mol. The molecule has 1 amide bonds. The van der Waals surface area contributed by atoms with Crippen molar-refractivity contribution in [1.82, 2.24) is 10.2 Å². The maximum atomic E-state index is 10.9. The number of carbonyl (C=O) groups is 1. The Kier molecular flexibility index (Phi) is 5.16. The fraction of sp³-hybridized carbons (Fsp3) is 0.667. The highest BCUT2D eigenvalue weighted by molar-refractivity contribution is 8.01. The zero-order valence-electron chi connectivity index (χ0n) is 10.8. The summed E-state index contributed by atoms with van der Waals surface area (Å²) >= 11 is 2.80. The number of nitrogens with one attached hydrogen (secondary N) is 1. The summed E-state index contributed by atoms with van der Waals surface area (Å²) < 4.78 is 0.751. The maximum absolute atomic E-state index is 10.9. The number of nitriles is 1. The number of hydrogen-bond acceptors (Lipinski definition) is 6. The first kappa shape index (κ1) is 14.3. The molecule has 1 aromatic heterocycles. The van der Waals surface area contributed by atoms with E-state index in [9.17, 15) is 10.1 Å². The van der Waals surface area contributed by atoms with Gasteiger partial charge in [0.05, 0.1) is 6.07 Å². The summed E-state index contributed by atoms with van der Waals surface area (Å²) in [4.78, 5) is 10.9. The Morgan fingerprint density at radius 1 is 1.47 bits per heavy atom. The number of rotatable bonds is 4. The van der Waals surface area contributed by atoms with Gasteiger partial charge in [0.2, 0.25) is 11.0 Å². The van der Waals surface area contributed by atoms with E-state index in [1.54, 1.807) is 0 Å². The largest absolute Gasteiger partial charge is 0.301 e. The molecule has 1 aliphatic carbocycles. The minimum absolute atomic E-state index is 0.0570. The van der Waals surface area contributed by atoms with Crippen LogP contribution in [0.25, 0.3) is 0 Å². The highest BCUT2D eigenvalue weighted by atomic mass is 32.2. The van der Waals surface area contributed by atoms with Gasteiger partial charge in [0.1, 0.15) is 5.25 Å². The van der Waals surface area contributed by atoms with Crippen LogP contribution in [-0.2, 0) is 4.79 Å². The number of aromatic nitrogens is 2. The smallest absolute Gasteiger partial charge is 0.223 e. The minimum Gasteiger partial charge on any atom is -0.301 e. The monoisotopic (exact) mass is 296 g/mol. The molecule has 1 atom stereocenters. The van der Waals surface area contributed by atoms with Crippen LogP contribution in [0, 0.1) is 17.2 Å². The number of anilines is 1. The lowest BCUT2D eigenvalue weighted by Crippen LogP contribution is -2.18. The Hall–Kier alpha value is -1.13. The first-order valence-corrected chi connectivity index (χ1v) is 8.06. The van der Waals surface area contributed by atoms with Crippen molar-refractivity contribution < 1.29 is 4.79 Å². The summed E-state index contributed by atoms with van der Waals surface area (Å²) in [5.74, 6) is 0.300. The molecule has 0 saturated heterocycles. The van der Waals surface area contributed by atoms with Gasteiger partial charge in [0.15, 0.2) is 4.34 Å². The summed E-state index contributed by atoms with van der Waals surface area (Å²) in [6.07, 6.45) is 5.98. The summed E-state index contributed by atoms with van der Waals surface area (Å²) in [6.45, 7) is 1.44. The summed E-state index contributed by atoms with van der Waals surface area (Å²) in [6, 6.07) is 2.38. The second-order valence-corrected chi connectivity index (χ2v) is 6.99. The highest BCUT2D eigenvalue weighted by Gasteiger charge is 2.25. The molecule has 19 heavy (non-hydrogen) atoms. The molecule has 0 radical (unpaired) electrons. The zero-order chi connectivity index (χ0) is 13.7. The van der Waals surface area contributed by atoms with Gasteiger partial charge < -0.3 is 5.32 Å². The van der Waals surface area contributed by atoms with Crippen LogP contribution in [0.4, 0.5) is 5.13 Å². The first-order valence-electron chi connectivity index (χ1n) is 6.36. The van der Waals surface area contributed by atoms with Crippen molar-refractivity contribution in [2.75, 3.05) is 5.32 Å². The summed E-state index contributed by atoms with van der Waals surface area (Å²) in [7, 11) is 0. The van der Waals surface area contributed by atoms with Crippen molar-refractivity contribution in [2.45, 2.75) is 48.6 Å². The number of nitrogens with zero attached hydrogens (tertiary/aromatic N) is 3. The van der Waals surface area contributed by atoms with Crippen LogP contribution in [0.5, 0.6) is 0 Å². The van der Waals surface area contributed by atoms with Gasteiger partial charge in [-0.2, -0.15) is 5.26 Å². The van der Waals surface area contributed by atoms with Crippen molar-refractivity contribution in [3.05, 3.63) is 0 Å². The van der Waals surface area contributed by atoms with E-state index in [-0.39, 0.29) is 11.2 Å². The van der Waals surface area contributed by atoms with E-state index >= 15 is 0 Å². The molecule has 0 unspecified atom stereocenters. The van der Waals surface area contributed by atoms with Crippen molar-refractivity contribution in [3.63, 3.8) is 0 Å². The first-order chi connectivity index (χ1) is 9.19. The fourth-order valence-corrected chi connectivity index (χ4v) is 4.32. The Morgan fingerprint density at radius 2 is 2.21 bits per heavy atom. The van der Waals surface area contributed by atoms with Gasteiger partial charge in [0.25, 0.3) is 0 Å². The minimum atomic E-state index is -0.156. The summed E-state index contributed by atoms with van der Waals surface area (Å²) in [5.41, 5.74) is 0. The molecule has 1 saturated carbocycles. The molecule has 102 valence electrons. The predicted octanol–water partition coefficient (Wildman–Crippen LogP) is 3.06. The molecule has 0 bridgehead atoms. The molecular formula is C12H16N4OS2. The number of amides is 1. The van der Waals surface area contributed by atoms with E-state index in [0.717, 1.165) is 17.2 Å². The quantitative estimate of drug-likeness (QED) is 0.682. The van der Waals surface area contributed by atoms with Crippen LogP contribution in [0.2, 0.25) is 0 Å². The molecule has 1 heterocycles. The van der Waals surface area contributed by atoms with Crippen LogP contribution in [-0.4, -0.2) is 21.4 Å². The van der Waals surface area contributed by atoms with Crippen molar-refractivity contribution >= 4 is 34.1 Å². The number of carbonyl (C=O) groups excluding carboxylic acids is 1. The predicted molar refractivity (Wildman–Crippen MR) is 76.0 cm³/mol. The van der Waals surface area contributed by atoms with Crippen LogP contribution in [0.1, 0.15) is 39.0 Å². The second-order valence-electron chi connectivity index (χ2n) is 4.62. The maximum Gasteiger partial charge on any atom is 0.223 e. The second kappa shape index (κ2) is 6.87. The molecule has 1 aromatic rings. The molecular weight excluding hydrogens is 280 g/mol. The lowest BCUT2D eigenvalue weighted by Gasteiger charge is -2.24. The van der Waals surface area contributed by atoms with Crippen LogP contribution in [0.3, 0.4) is 0 Å². The summed E-state index contributed by atoms with van der Waals surface area (Å²) in [5, 5.41) is 20.3. The third-order valence-electron chi connectivity index (χ3n) is 3.12. The molecule has 1 N–H and O–H groups in total. The van der Waals surface area contributed by atoms with Crippen molar-refractivity contribution in [2.24, 2.45) is 5.92 Å². The third-order valence-corrected chi connectivity index (χ3v) is 5.32. The van der Waals surface area contributed by atoms with Gasteiger partial charge in [-0.25, -0.2) is 0 Å². The normalized spacial score (nSPS) is 17.7. The van der Waals surface area contributed by atoms with E-state index < -0.39 is 0 Å². The molecule has 5 nitrogen and oxygen atoms in total. The molecule has 7 heteroatoms. The Labute approximate surface area is 120 Å². The Morgan fingerprint density at radius 3 is 2.84 bits per heavy atom. The average Bonchev–Trinajstić information content (AvgIpc) is 2.83. The SMILES string of the molecule is CC(=O)Nc1nnc(S[C@@H](C#N)C2CCCCC2)s1. The zero-order valence-corrected chi connectivity index (χ0v) is 12.4. The highest BCUT2D eigenvalue weighted by Crippen LogP contribution is 2.37. The van der Waals surface area contributed by atoms with E-state index in [4.69, 9.17) is 0 Å². The molecule has 0 aliphatic heterocycles. The van der Waals surface area contributed by atoms with Crippen LogP contribution >= 0.6 is 23.1 Å². The van der Waals surface area contributed by atoms with Crippen molar-refractivity contribution in [3.8, 4) is 6.07 Å². The topological polar surface area (TPSA) is 78.7 Å². The van der Waals surface area contributed by atoms with Gasteiger partial charge in [-0.15, -0.1) is 10.2 Å².